The lowest BCUT2D eigenvalue weighted by Gasteiger charge is -2.21. The maximum Gasteiger partial charge on any atom is 0.247 e. The van der Waals surface area contributed by atoms with Crippen LogP contribution in [-0.2, 0) is 16.0 Å². The molecule has 2 aromatic rings. The van der Waals surface area contributed by atoms with Crippen molar-refractivity contribution in [3.8, 4) is 6.07 Å². The predicted molar refractivity (Wildman–Crippen MR) is 131 cm³/mol. The van der Waals surface area contributed by atoms with Crippen molar-refractivity contribution >= 4 is 35.1 Å². The van der Waals surface area contributed by atoms with Crippen molar-refractivity contribution in [2.24, 2.45) is 11.3 Å². The van der Waals surface area contributed by atoms with Gasteiger partial charge in [0.25, 0.3) is 0 Å². The van der Waals surface area contributed by atoms with Crippen LogP contribution in [0.1, 0.15) is 36.1 Å². The van der Waals surface area contributed by atoms with Gasteiger partial charge in [-0.15, -0.1) is 0 Å². The molecule has 0 radical (unpaired) electrons. The number of benzene rings is 1. The summed E-state index contributed by atoms with van der Waals surface area (Å²) >= 11 is 0. The Bertz CT molecular complexity index is 1210. The molecule has 8 heteroatoms. The van der Waals surface area contributed by atoms with Gasteiger partial charge in [0.2, 0.25) is 11.8 Å². The fourth-order valence-corrected chi connectivity index (χ4v) is 4.60. The Kier molecular flexibility index (Phi) is 6.46. The van der Waals surface area contributed by atoms with Gasteiger partial charge in [0.1, 0.15) is 11.2 Å². The molecule has 8 nitrogen and oxygen atoms in total. The number of nitrogens with zero attached hydrogens (tertiary/aromatic N) is 3. The summed E-state index contributed by atoms with van der Waals surface area (Å²) in [6, 6.07) is 13.3. The van der Waals surface area contributed by atoms with Crippen LogP contribution in [0.3, 0.4) is 0 Å². The van der Waals surface area contributed by atoms with Crippen LogP contribution >= 0.6 is 0 Å². The number of pyridine rings is 1. The predicted octanol–water partition coefficient (Wildman–Crippen LogP) is 3.44. The van der Waals surface area contributed by atoms with E-state index in [4.69, 9.17) is 5.41 Å². The fourth-order valence-electron chi connectivity index (χ4n) is 4.60. The van der Waals surface area contributed by atoms with Gasteiger partial charge in [-0.05, 0) is 49.3 Å². The lowest BCUT2D eigenvalue weighted by atomic mass is 9.83. The van der Waals surface area contributed by atoms with Gasteiger partial charge in [-0.25, -0.2) is 4.98 Å². The molecule has 0 bridgehead atoms. The van der Waals surface area contributed by atoms with Crippen molar-refractivity contribution in [3.05, 3.63) is 59.4 Å². The van der Waals surface area contributed by atoms with Crippen LogP contribution in [-0.4, -0.2) is 36.6 Å². The lowest BCUT2D eigenvalue weighted by Crippen LogP contribution is -2.35. The summed E-state index contributed by atoms with van der Waals surface area (Å²) in [5, 5.41) is 23.1. The average molecular weight is 457 g/mol. The molecule has 2 heterocycles. The normalized spacial score (nSPS) is 20.1. The van der Waals surface area contributed by atoms with Crippen molar-refractivity contribution in [1.29, 1.82) is 10.7 Å². The second-order valence-corrected chi connectivity index (χ2v) is 8.87. The van der Waals surface area contributed by atoms with Crippen molar-refractivity contribution in [1.82, 2.24) is 10.3 Å². The third kappa shape index (κ3) is 4.55. The standard InChI is InChI=1S/C26H28N6O2/c1-17-10-22(32-9-8-26(16-28,25(32)34)21-6-7-21)13-23(30-17)31-24(33)12-18-4-3-5-19(11-18)20(14-27)15-29-2/h3-5,10-11,13-15,21,27,29H,6-9,12H2,1-2H3,(H,30,31,33)/b20-15+,27-14?/t26-/m1/s1. The summed E-state index contributed by atoms with van der Waals surface area (Å²) in [6.45, 7) is 2.30. The lowest BCUT2D eigenvalue weighted by molar-refractivity contribution is -0.123. The summed E-state index contributed by atoms with van der Waals surface area (Å²) < 4.78 is 0. The molecule has 174 valence electrons. The number of nitriles is 1. The molecule has 1 aromatic heterocycles. The first-order valence-electron chi connectivity index (χ1n) is 11.4. The molecule has 1 aliphatic carbocycles. The summed E-state index contributed by atoms with van der Waals surface area (Å²) in [4.78, 5) is 32.0. The number of amides is 2. The van der Waals surface area contributed by atoms with Crippen LogP contribution in [0.15, 0.2) is 42.6 Å². The molecule has 3 N–H and O–H groups in total. The van der Waals surface area contributed by atoms with Crippen LogP contribution in [0, 0.1) is 35.0 Å². The number of carbonyl (C=O) groups is 2. The third-order valence-electron chi connectivity index (χ3n) is 6.43. The zero-order valence-electron chi connectivity index (χ0n) is 19.4. The highest BCUT2D eigenvalue weighted by Gasteiger charge is 2.56. The van der Waals surface area contributed by atoms with E-state index in [9.17, 15) is 14.9 Å². The van der Waals surface area contributed by atoms with Crippen molar-refractivity contribution < 1.29 is 9.59 Å². The van der Waals surface area contributed by atoms with Gasteiger partial charge in [-0.2, -0.15) is 5.26 Å². The third-order valence-corrected chi connectivity index (χ3v) is 6.43. The number of aromatic nitrogens is 1. The fraction of sp³-hybridized carbons (Fsp3) is 0.346. The molecular weight excluding hydrogens is 428 g/mol. The van der Waals surface area contributed by atoms with Gasteiger partial charge in [0, 0.05) is 49.0 Å². The quantitative estimate of drug-likeness (QED) is 0.525. The molecule has 2 fully saturated rings. The second kappa shape index (κ2) is 9.48. The molecule has 1 atom stereocenters. The maximum absolute atomic E-state index is 13.2. The minimum Gasteiger partial charge on any atom is -0.393 e. The van der Waals surface area contributed by atoms with Crippen LogP contribution in [0.25, 0.3) is 5.57 Å². The number of anilines is 2. The number of hydrogen-bond acceptors (Lipinski definition) is 6. The van der Waals surface area contributed by atoms with Crippen LogP contribution in [0.5, 0.6) is 0 Å². The smallest absolute Gasteiger partial charge is 0.247 e. The molecule has 34 heavy (non-hydrogen) atoms. The van der Waals surface area contributed by atoms with Gasteiger partial charge in [-0.1, -0.05) is 24.3 Å². The number of aryl methyl sites for hydroxylation is 1. The van der Waals surface area contributed by atoms with Crippen molar-refractivity contribution in [3.63, 3.8) is 0 Å². The van der Waals surface area contributed by atoms with Crippen LogP contribution in [0.4, 0.5) is 11.5 Å². The molecule has 1 aromatic carbocycles. The van der Waals surface area contributed by atoms with Crippen molar-refractivity contribution in [2.75, 3.05) is 23.8 Å². The largest absolute Gasteiger partial charge is 0.393 e. The molecule has 4 rings (SSSR count). The van der Waals surface area contributed by atoms with E-state index in [0.29, 0.717) is 35.7 Å². The molecular formula is C26H28N6O2. The second-order valence-electron chi connectivity index (χ2n) is 8.87. The molecule has 0 spiro atoms. The monoisotopic (exact) mass is 456 g/mol. The first kappa shape index (κ1) is 23.2. The number of hydrogen-bond donors (Lipinski definition) is 3. The Hall–Kier alpha value is -3.99. The van der Waals surface area contributed by atoms with Gasteiger partial charge < -0.3 is 20.9 Å². The van der Waals surface area contributed by atoms with E-state index in [0.717, 1.165) is 24.0 Å². The highest BCUT2D eigenvalue weighted by Crippen LogP contribution is 2.52. The van der Waals surface area contributed by atoms with Crippen LogP contribution < -0.4 is 15.5 Å². The Morgan fingerprint density at radius 1 is 1.35 bits per heavy atom. The molecule has 0 unspecified atom stereocenters. The van der Waals surface area contributed by atoms with Gasteiger partial charge in [0.15, 0.2) is 0 Å². The topological polar surface area (TPSA) is 122 Å². The first-order chi connectivity index (χ1) is 16.4. The molecule has 2 aliphatic rings. The Labute approximate surface area is 199 Å². The molecule has 1 saturated carbocycles. The summed E-state index contributed by atoms with van der Waals surface area (Å²) in [7, 11) is 1.77. The van der Waals surface area contributed by atoms with E-state index >= 15 is 0 Å². The number of carbonyl (C=O) groups excluding carboxylic acids is 2. The minimum absolute atomic E-state index is 0.144. The maximum atomic E-state index is 13.2. The highest BCUT2D eigenvalue weighted by molar-refractivity contribution is 6.08. The van der Waals surface area contributed by atoms with E-state index in [-0.39, 0.29) is 24.2 Å². The van der Waals surface area contributed by atoms with E-state index in [1.165, 1.54) is 6.21 Å². The van der Waals surface area contributed by atoms with Crippen molar-refractivity contribution in [2.45, 2.75) is 32.6 Å². The highest BCUT2D eigenvalue weighted by atomic mass is 16.2. The van der Waals surface area contributed by atoms with E-state index in [1.54, 1.807) is 24.2 Å². The first-order valence-corrected chi connectivity index (χ1v) is 11.4. The molecule has 1 aliphatic heterocycles. The van der Waals surface area contributed by atoms with Gasteiger partial charge in [0.05, 0.1) is 12.5 Å². The summed E-state index contributed by atoms with van der Waals surface area (Å²) in [6.07, 6.45) is 5.53. The number of rotatable bonds is 8. The molecule has 2 amide bonds. The Balaban J connectivity index is 1.49. The van der Waals surface area contributed by atoms with E-state index < -0.39 is 5.41 Å². The van der Waals surface area contributed by atoms with Gasteiger partial charge in [-0.3, -0.25) is 9.59 Å². The van der Waals surface area contributed by atoms with E-state index in [1.807, 2.05) is 37.3 Å². The minimum atomic E-state index is -0.914. The SMILES string of the molecule is CN/C=C(\C=N)c1cccc(CC(=O)Nc2cc(N3CC[C@@](C#N)(C4CC4)C3=O)cc(C)n2)c1. The molecule has 1 saturated heterocycles. The Morgan fingerprint density at radius 2 is 2.15 bits per heavy atom. The summed E-state index contributed by atoms with van der Waals surface area (Å²) in [5.41, 5.74) is 2.78. The van der Waals surface area contributed by atoms with Gasteiger partial charge >= 0.3 is 0 Å². The summed E-state index contributed by atoms with van der Waals surface area (Å²) in [5.74, 6) is 0.158. The number of nitrogens with one attached hydrogen (secondary N) is 3. The average Bonchev–Trinajstić information content (AvgIpc) is 3.61. The zero-order valence-corrected chi connectivity index (χ0v) is 19.4. The zero-order chi connectivity index (χ0) is 24.3. The number of allylic oxidation sites excluding steroid dienone is 1. The van der Waals surface area contributed by atoms with Crippen LogP contribution in [0.2, 0.25) is 0 Å². The van der Waals surface area contributed by atoms with E-state index in [2.05, 4.69) is 21.7 Å². The Morgan fingerprint density at radius 3 is 2.82 bits per heavy atom.